The number of carbonyl (C=O) groups is 6. The van der Waals surface area contributed by atoms with Crippen molar-refractivity contribution >= 4 is 35.4 Å². The number of rotatable bonds is 12. The van der Waals surface area contributed by atoms with Gasteiger partial charge in [-0.25, -0.2) is 0 Å². The topological polar surface area (TPSA) is 122 Å². The van der Waals surface area contributed by atoms with Crippen LogP contribution in [0.2, 0.25) is 0 Å². The molecule has 0 spiro atoms. The molecular weight excluding hydrogens is 973 g/mol. The van der Waals surface area contributed by atoms with Crippen molar-refractivity contribution in [1.29, 1.82) is 0 Å². The molecule has 12 nitrogen and oxygen atoms in total. The minimum Gasteiger partial charge on any atom is -0.343 e. The molecule has 9 aliphatic carbocycles. The van der Waals surface area contributed by atoms with Gasteiger partial charge in [0, 0.05) is 114 Å². The number of amides is 6. The van der Waals surface area contributed by atoms with Crippen LogP contribution in [0.25, 0.3) is 0 Å². The van der Waals surface area contributed by atoms with E-state index in [1.165, 1.54) is 141 Å². The molecule has 4 atom stereocenters. The Hall–Kier alpha value is -3.18. The second-order valence-electron chi connectivity index (χ2n) is 27.1. The Morgan fingerprint density at radius 1 is 0.205 bits per heavy atom. The Kier molecular flexibility index (Phi) is 25.5. The van der Waals surface area contributed by atoms with Crippen LogP contribution in [0, 0.1) is 35.5 Å². The fourth-order valence-corrected chi connectivity index (χ4v) is 16.5. The predicted molar refractivity (Wildman–Crippen MR) is 314 cm³/mol. The van der Waals surface area contributed by atoms with Gasteiger partial charge >= 0.3 is 0 Å². The first-order valence-corrected chi connectivity index (χ1v) is 33.3. The summed E-state index contributed by atoms with van der Waals surface area (Å²) in [6, 6.07) is 2.55. The summed E-state index contributed by atoms with van der Waals surface area (Å²) in [6.45, 7) is 0. The highest BCUT2D eigenvalue weighted by molar-refractivity contribution is 5.88. The summed E-state index contributed by atoms with van der Waals surface area (Å²) >= 11 is 0. The lowest BCUT2D eigenvalue weighted by Crippen LogP contribution is -2.49. The zero-order valence-electron chi connectivity index (χ0n) is 50.8. The molecule has 9 rings (SSSR count). The highest BCUT2D eigenvalue weighted by Crippen LogP contribution is 2.38. The van der Waals surface area contributed by atoms with Crippen LogP contribution in [0.5, 0.6) is 0 Å². The molecule has 0 aromatic rings. The summed E-state index contributed by atoms with van der Waals surface area (Å²) in [5, 5.41) is 0. The van der Waals surface area contributed by atoms with Crippen LogP contribution in [0.3, 0.4) is 0 Å². The molecule has 0 aromatic heterocycles. The largest absolute Gasteiger partial charge is 0.343 e. The van der Waals surface area contributed by atoms with Gasteiger partial charge in [-0.15, -0.1) is 0 Å². The molecule has 444 valence electrons. The van der Waals surface area contributed by atoms with Gasteiger partial charge in [-0.3, -0.25) is 28.8 Å². The molecule has 6 amide bonds. The third-order valence-electron chi connectivity index (χ3n) is 22.0. The molecule has 0 aromatic carbocycles. The Balaban J connectivity index is 0.000000170. The summed E-state index contributed by atoms with van der Waals surface area (Å²) in [5.41, 5.74) is 0. The van der Waals surface area contributed by atoms with Crippen LogP contribution in [-0.2, 0) is 28.8 Å². The summed E-state index contributed by atoms with van der Waals surface area (Å²) < 4.78 is 0. The molecule has 9 aliphatic rings. The minimum atomic E-state index is -0.0887. The molecule has 0 radical (unpaired) electrons. The van der Waals surface area contributed by atoms with Gasteiger partial charge in [0.15, 0.2) is 0 Å². The molecule has 9 fully saturated rings. The van der Waals surface area contributed by atoms with Crippen molar-refractivity contribution in [2.75, 3.05) is 42.3 Å². The lowest BCUT2D eigenvalue weighted by molar-refractivity contribution is -0.149. The van der Waals surface area contributed by atoms with Crippen LogP contribution in [0.15, 0.2) is 0 Å². The van der Waals surface area contributed by atoms with E-state index in [4.69, 9.17) is 0 Å². The highest BCUT2D eigenvalue weighted by Gasteiger charge is 2.42. The summed E-state index contributed by atoms with van der Waals surface area (Å²) in [5.74, 6) is 1.99. The Labute approximate surface area is 475 Å². The average molecular weight is 1090 g/mol. The lowest BCUT2D eigenvalue weighted by Gasteiger charge is -2.40. The maximum atomic E-state index is 13.3. The number of nitrogens with zero attached hydrogens (tertiary/aromatic N) is 6. The van der Waals surface area contributed by atoms with Gasteiger partial charge in [-0.1, -0.05) is 135 Å². The SMILES string of the molecule is CN(C(=O)C1CCC(C(=O)N(C)C2CCCCC2)CC1)C1CCCCC1.CN(C(=O)C1CCCC(C(=O)N(C)C2CCCCC2)C1)C1CCCCC1.CN(C(=O)C1CCCCC1C(=O)N(C)C1CCCCC1)C1CCCCC1. The number of hydrogen-bond donors (Lipinski definition) is 0. The fourth-order valence-electron chi connectivity index (χ4n) is 16.5. The predicted octanol–water partition coefficient (Wildman–Crippen LogP) is 13.1. The van der Waals surface area contributed by atoms with E-state index in [2.05, 4.69) is 0 Å². The summed E-state index contributed by atoms with van der Waals surface area (Å²) in [7, 11) is 12.0. The van der Waals surface area contributed by atoms with Crippen LogP contribution >= 0.6 is 0 Å². The van der Waals surface area contributed by atoms with Crippen LogP contribution < -0.4 is 0 Å². The average Bonchev–Trinajstić information content (AvgIpc) is 3.53. The van der Waals surface area contributed by atoms with Crippen molar-refractivity contribution in [2.45, 2.75) is 306 Å². The molecule has 0 saturated heterocycles. The normalized spacial score (nSPS) is 28.5. The van der Waals surface area contributed by atoms with E-state index in [0.717, 1.165) is 128 Å². The van der Waals surface area contributed by atoms with E-state index < -0.39 is 0 Å². The van der Waals surface area contributed by atoms with Crippen molar-refractivity contribution in [1.82, 2.24) is 29.4 Å². The molecule has 0 N–H and O–H groups in total. The molecule has 4 unspecified atom stereocenters. The van der Waals surface area contributed by atoms with Crippen molar-refractivity contribution < 1.29 is 28.8 Å². The Morgan fingerprint density at radius 2 is 0.397 bits per heavy atom. The Bertz CT molecular complexity index is 1720. The molecule has 9 saturated carbocycles. The first kappa shape index (κ1) is 62.4. The standard InChI is InChI=1S/3C22H38N2O2/c1-23(19-12-5-3-6-13-19)21(25)17-10-9-11-18(16-17)22(26)24(2)20-14-7-4-8-15-20;1-23(17-11-5-3-6-12-17)21(25)19-15-9-10-16-20(19)22(26)24(2)18-13-7-4-8-14-18;1-23(19-9-5-3-6-10-19)21(25)17-13-15-18(16-14-17)22(26)24(2)20-11-7-4-8-12-20/h3*17-20H,3-16H2,1-2H3. The van der Waals surface area contributed by atoms with Crippen molar-refractivity contribution in [3.63, 3.8) is 0 Å². The van der Waals surface area contributed by atoms with Gasteiger partial charge in [0.1, 0.15) is 0 Å². The van der Waals surface area contributed by atoms with Crippen molar-refractivity contribution in [2.24, 2.45) is 35.5 Å². The van der Waals surface area contributed by atoms with E-state index >= 15 is 0 Å². The van der Waals surface area contributed by atoms with Crippen LogP contribution in [0.4, 0.5) is 0 Å². The summed E-state index contributed by atoms with van der Waals surface area (Å²) in [6.07, 6.45) is 47.9. The smallest absolute Gasteiger partial charge is 0.226 e. The van der Waals surface area contributed by atoms with E-state index in [-0.39, 0.29) is 47.3 Å². The second-order valence-corrected chi connectivity index (χ2v) is 27.1. The minimum absolute atomic E-state index is 0.0596. The Morgan fingerprint density at radius 3 is 0.628 bits per heavy atom. The molecular formula is C66H114N6O6. The zero-order valence-corrected chi connectivity index (χ0v) is 50.8. The monoisotopic (exact) mass is 1090 g/mol. The van der Waals surface area contributed by atoms with Gasteiger partial charge in [0.05, 0.1) is 0 Å². The quantitative estimate of drug-likeness (QED) is 0.192. The van der Waals surface area contributed by atoms with Gasteiger partial charge in [0.25, 0.3) is 0 Å². The van der Waals surface area contributed by atoms with Crippen LogP contribution in [0.1, 0.15) is 270 Å². The third kappa shape index (κ3) is 17.2. The molecule has 0 aliphatic heterocycles. The van der Waals surface area contributed by atoms with E-state index in [1.54, 1.807) is 0 Å². The fraction of sp³-hybridized carbons (Fsp3) is 0.909. The van der Waals surface area contributed by atoms with Crippen molar-refractivity contribution in [3.05, 3.63) is 0 Å². The van der Waals surface area contributed by atoms with E-state index in [1.807, 2.05) is 71.7 Å². The van der Waals surface area contributed by atoms with Gasteiger partial charge in [-0.2, -0.15) is 0 Å². The van der Waals surface area contributed by atoms with E-state index in [0.29, 0.717) is 59.9 Å². The highest BCUT2D eigenvalue weighted by atomic mass is 16.2. The van der Waals surface area contributed by atoms with E-state index in [9.17, 15) is 28.8 Å². The maximum absolute atomic E-state index is 13.3. The van der Waals surface area contributed by atoms with Crippen molar-refractivity contribution in [3.8, 4) is 0 Å². The number of carbonyl (C=O) groups excluding carboxylic acids is 6. The maximum Gasteiger partial charge on any atom is 0.226 e. The van der Waals surface area contributed by atoms with Crippen LogP contribution in [-0.4, -0.2) is 143 Å². The summed E-state index contributed by atoms with van der Waals surface area (Å²) in [4.78, 5) is 90.5. The zero-order chi connectivity index (χ0) is 55.6. The first-order chi connectivity index (χ1) is 37.7. The third-order valence-corrected chi connectivity index (χ3v) is 22.0. The number of hydrogen-bond acceptors (Lipinski definition) is 6. The molecule has 0 bridgehead atoms. The second kappa shape index (κ2) is 31.9. The van der Waals surface area contributed by atoms with Gasteiger partial charge in [0.2, 0.25) is 35.4 Å². The molecule has 12 heteroatoms. The molecule has 78 heavy (non-hydrogen) atoms. The van der Waals surface area contributed by atoms with Gasteiger partial charge in [-0.05, 0) is 135 Å². The molecule has 0 heterocycles. The lowest BCUT2D eigenvalue weighted by atomic mass is 9.76. The van der Waals surface area contributed by atoms with Gasteiger partial charge < -0.3 is 29.4 Å². The first-order valence-electron chi connectivity index (χ1n) is 33.3.